The average Bonchev–Trinajstić information content (AvgIpc) is 3.21. The number of hydrogen-bond donors (Lipinski definition) is 1. The minimum absolute atomic E-state index is 0.452. The van der Waals surface area contributed by atoms with Crippen LogP contribution in [0.2, 0.25) is 0 Å². The van der Waals surface area contributed by atoms with Crippen molar-refractivity contribution in [3.63, 3.8) is 0 Å². The first-order valence-electron chi connectivity index (χ1n) is 7.45. The van der Waals surface area contributed by atoms with Gasteiger partial charge in [0.25, 0.3) is 0 Å². The van der Waals surface area contributed by atoms with E-state index in [9.17, 15) is 0 Å². The average molecular weight is 305 g/mol. The van der Waals surface area contributed by atoms with Gasteiger partial charge in [0.15, 0.2) is 10.6 Å². The molecule has 3 nitrogen and oxygen atoms in total. The summed E-state index contributed by atoms with van der Waals surface area (Å²) in [6, 6.07) is 4.65. The van der Waals surface area contributed by atoms with Crippen molar-refractivity contribution in [2.24, 2.45) is 17.8 Å². The van der Waals surface area contributed by atoms with Crippen LogP contribution in [0, 0.1) is 22.5 Å². The van der Waals surface area contributed by atoms with Crippen molar-refractivity contribution in [3.8, 4) is 10.7 Å². The van der Waals surface area contributed by atoms with Gasteiger partial charge in [-0.25, -0.2) is 0 Å². The van der Waals surface area contributed by atoms with Crippen molar-refractivity contribution in [2.75, 3.05) is 0 Å². The molecule has 0 aliphatic heterocycles. The number of aromatic amines is 1. The molecular formula is C15H19N3S2. The molecule has 4 rings (SSSR count). The lowest BCUT2D eigenvalue weighted by molar-refractivity contribution is 0.242. The monoisotopic (exact) mass is 305 g/mol. The van der Waals surface area contributed by atoms with Gasteiger partial charge in [-0.1, -0.05) is 12.5 Å². The van der Waals surface area contributed by atoms with Crippen LogP contribution in [-0.4, -0.2) is 14.8 Å². The third-order valence-corrected chi connectivity index (χ3v) is 6.42. The van der Waals surface area contributed by atoms with E-state index in [-0.39, 0.29) is 0 Å². The molecule has 2 aliphatic rings. The molecule has 0 unspecified atom stereocenters. The Morgan fingerprint density at radius 2 is 2.35 bits per heavy atom. The van der Waals surface area contributed by atoms with Crippen molar-refractivity contribution < 1.29 is 0 Å². The molecule has 20 heavy (non-hydrogen) atoms. The lowest BCUT2D eigenvalue weighted by Gasteiger charge is -2.29. The van der Waals surface area contributed by atoms with Crippen LogP contribution < -0.4 is 0 Å². The van der Waals surface area contributed by atoms with Crippen LogP contribution in [0.4, 0.5) is 0 Å². The molecule has 0 aromatic carbocycles. The van der Waals surface area contributed by atoms with E-state index in [4.69, 9.17) is 12.2 Å². The van der Waals surface area contributed by atoms with E-state index < -0.39 is 0 Å². The molecule has 2 bridgehead atoms. The Kier molecular flexibility index (Phi) is 3.07. The summed E-state index contributed by atoms with van der Waals surface area (Å²) in [5.74, 6) is 3.67. The summed E-state index contributed by atoms with van der Waals surface area (Å²) in [5, 5.41) is 9.56. The van der Waals surface area contributed by atoms with Gasteiger partial charge in [-0.15, -0.1) is 11.3 Å². The second kappa shape index (κ2) is 4.81. The van der Waals surface area contributed by atoms with Crippen LogP contribution in [-0.2, 0) is 0 Å². The van der Waals surface area contributed by atoms with Crippen molar-refractivity contribution in [2.45, 2.75) is 38.6 Å². The fourth-order valence-electron chi connectivity index (χ4n) is 4.34. The summed E-state index contributed by atoms with van der Waals surface area (Å²) in [7, 11) is 0. The van der Waals surface area contributed by atoms with Gasteiger partial charge in [0.1, 0.15) is 0 Å². The van der Waals surface area contributed by atoms with E-state index in [1.807, 2.05) is 0 Å². The molecule has 106 valence electrons. The Labute approximate surface area is 128 Å². The minimum atomic E-state index is 0.452. The molecule has 2 saturated carbocycles. The molecule has 2 aromatic rings. The topological polar surface area (TPSA) is 33.6 Å². The van der Waals surface area contributed by atoms with Crippen LogP contribution >= 0.6 is 23.6 Å². The van der Waals surface area contributed by atoms with Gasteiger partial charge in [-0.05, 0) is 67.6 Å². The minimum Gasteiger partial charge on any atom is -0.296 e. The van der Waals surface area contributed by atoms with Crippen LogP contribution in [0.3, 0.4) is 0 Å². The highest BCUT2D eigenvalue weighted by Gasteiger charge is 2.42. The van der Waals surface area contributed by atoms with Crippen LogP contribution in [0.25, 0.3) is 10.7 Å². The molecule has 0 amide bonds. The quantitative estimate of drug-likeness (QED) is 0.836. The molecule has 5 heteroatoms. The Bertz CT molecular complexity index is 655. The summed E-state index contributed by atoms with van der Waals surface area (Å²) in [6.45, 7) is 2.33. The lowest BCUT2D eigenvalue weighted by Crippen LogP contribution is -2.22. The summed E-state index contributed by atoms with van der Waals surface area (Å²) in [6.07, 6.45) is 5.68. The molecule has 2 aromatic heterocycles. The van der Waals surface area contributed by atoms with Crippen LogP contribution in [0.15, 0.2) is 17.5 Å². The van der Waals surface area contributed by atoms with E-state index in [0.29, 0.717) is 6.04 Å². The van der Waals surface area contributed by atoms with Gasteiger partial charge in [-0.2, -0.15) is 5.10 Å². The van der Waals surface area contributed by atoms with Gasteiger partial charge in [-0.3, -0.25) is 9.67 Å². The second-order valence-electron chi connectivity index (χ2n) is 6.28. The Balaban J connectivity index is 1.71. The second-order valence-corrected chi connectivity index (χ2v) is 7.61. The first-order valence-corrected chi connectivity index (χ1v) is 8.73. The number of nitrogens with zero attached hydrogens (tertiary/aromatic N) is 2. The van der Waals surface area contributed by atoms with E-state index in [2.05, 4.69) is 39.2 Å². The van der Waals surface area contributed by atoms with E-state index in [0.717, 1.165) is 28.3 Å². The van der Waals surface area contributed by atoms with Crippen molar-refractivity contribution >= 4 is 23.6 Å². The smallest absolute Gasteiger partial charge is 0.195 e. The summed E-state index contributed by atoms with van der Waals surface area (Å²) < 4.78 is 3.02. The SMILES string of the molecule is C[C@H]([C@@H]1C[C@H]2CC[C@@H]1C2)n1c(-c2cccs2)n[nH]c1=S. The number of nitrogens with one attached hydrogen (secondary N) is 1. The summed E-state index contributed by atoms with van der Waals surface area (Å²) in [5.41, 5.74) is 0. The predicted molar refractivity (Wildman–Crippen MR) is 84.4 cm³/mol. The molecular weight excluding hydrogens is 286 g/mol. The Morgan fingerprint density at radius 1 is 1.45 bits per heavy atom. The predicted octanol–water partition coefficient (Wildman–Crippen LogP) is 4.67. The Hall–Kier alpha value is -0.940. The number of H-pyrrole nitrogens is 1. The largest absolute Gasteiger partial charge is 0.296 e. The van der Waals surface area contributed by atoms with Crippen LogP contribution in [0.5, 0.6) is 0 Å². The van der Waals surface area contributed by atoms with E-state index >= 15 is 0 Å². The highest BCUT2D eigenvalue weighted by atomic mass is 32.1. The fraction of sp³-hybridized carbons (Fsp3) is 0.600. The first-order chi connectivity index (χ1) is 9.74. The van der Waals surface area contributed by atoms with Gasteiger partial charge in [0.05, 0.1) is 4.88 Å². The number of aromatic nitrogens is 3. The molecule has 0 radical (unpaired) electrons. The molecule has 2 aliphatic carbocycles. The zero-order chi connectivity index (χ0) is 13.7. The number of hydrogen-bond acceptors (Lipinski definition) is 3. The summed E-state index contributed by atoms with van der Waals surface area (Å²) in [4.78, 5) is 1.20. The molecule has 4 atom stereocenters. The Morgan fingerprint density at radius 3 is 3.00 bits per heavy atom. The van der Waals surface area contributed by atoms with Gasteiger partial charge in [0, 0.05) is 6.04 Å². The maximum Gasteiger partial charge on any atom is 0.195 e. The van der Waals surface area contributed by atoms with Gasteiger partial charge in [0.2, 0.25) is 0 Å². The van der Waals surface area contributed by atoms with E-state index in [1.165, 1.54) is 30.6 Å². The normalized spacial score (nSPS) is 29.9. The van der Waals surface area contributed by atoms with Crippen molar-refractivity contribution in [3.05, 3.63) is 22.3 Å². The van der Waals surface area contributed by atoms with E-state index in [1.54, 1.807) is 11.3 Å². The zero-order valence-corrected chi connectivity index (χ0v) is 13.2. The molecule has 0 spiro atoms. The van der Waals surface area contributed by atoms with Crippen molar-refractivity contribution in [1.82, 2.24) is 14.8 Å². The summed E-state index contributed by atoms with van der Waals surface area (Å²) >= 11 is 7.22. The zero-order valence-electron chi connectivity index (χ0n) is 11.6. The third kappa shape index (κ3) is 1.91. The van der Waals surface area contributed by atoms with Crippen molar-refractivity contribution in [1.29, 1.82) is 0 Å². The molecule has 2 fully saturated rings. The fourth-order valence-corrected chi connectivity index (χ4v) is 5.35. The van der Waals surface area contributed by atoms with Crippen LogP contribution in [0.1, 0.15) is 38.6 Å². The molecule has 0 saturated heterocycles. The number of thiophene rings is 1. The van der Waals surface area contributed by atoms with Gasteiger partial charge >= 0.3 is 0 Å². The standard InChI is InChI=1S/C15H19N3S2/c1-9(12-8-10-4-5-11(12)7-10)18-14(16-17-15(18)19)13-3-2-6-20-13/h2-3,6,9-12H,4-5,7-8H2,1H3,(H,17,19)/t9-,10+,11-,12+/m1/s1. The maximum atomic E-state index is 5.49. The van der Waals surface area contributed by atoms with Gasteiger partial charge < -0.3 is 0 Å². The highest BCUT2D eigenvalue weighted by Crippen LogP contribution is 2.52. The molecule has 2 heterocycles. The third-order valence-electron chi connectivity index (χ3n) is 5.27. The lowest BCUT2D eigenvalue weighted by atomic mass is 9.84. The number of rotatable bonds is 3. The number of fused-ring (bicyclic) bond motifs is 2. The first kappa shape index (κ1) is 12.8. The maximum absolute atomic E-state index is 5.49. The molecule has 1 N–H and O–H groups in total. The highest BCUT2D eigenvalue weighted by molar-refractivity contribution is 7.71.